The van der Waals surface area contributed by atoms with E-state index in [0.29, 0.717) is 18.5 Å². The number of hydrogen-bond acceptors (Lipinski definition) is 5. The highest BCUT2D eigenvalue weighted by Gasteiger charge is 2.59. The van der Waals surface area contributed by atoms with E-state index in [0.717, 1.165) is 80.9 Å². The van der Waals surface area contributed by atoms with Crippen LogP contribution in [0, 0.1) is 46.3 Å². The third-order valence-electron chi connectivity index (χ3n) is 13.0. The molecule has 2 N–H and O–H groups in total. The number of amides is 1. The van der Waals surface area contributed by atoms with Crippen LogP contribution in [0.3, 0.4) is 0 Å². The lowest BCUT2D eigenvalue weighted by Gasteiger charge is -2.58. The van der Waals surface area contributed by atoms with Crippen LogP contribution in [0.4, 0.5) is 0 Å². The lowest BCUT2D eigenvalue weighted by atomic mass is 9.47. The van der Waals surface area contributed by atoms with Crippen molar-refractivity contribution in [3.63, 3.8) is 0 Å². The van der Waals surface area contributed by atoms with Gasteiger partial charge in [-0.2, -0.15) is 0 Å². The fourth-order valence-electron chi connectivity index (χ4n) is 10.6. The minimum atomic E-state index is -0.204. The molecule has 3 saturated carbocycles. The zero-order chi connectivity index (χ0) is 30.6. The molecule has 5 rings (SSSR count). The summed E-state index contributed by atoms with van der Waals surface area (Å²) in [4.78, 5) is 27.5. The second kappa shape index (κ2) is 14.4. The Kier molecular flexibility index (Phi) is 11.0. The number of rotatable bonds is 9. The van der Waals surface area contributed by atoms with Gasteiger partial charge >= 0.3 is 5.97 Å². The first-order chi connectivity index (χ1) is 20.6. The first kappa shape index (κ1) is 33.0. The molecule has 0 aromatic carbocycles. The van der Waals surface area contributed by atoms with E-state index in [1.54, 1.807) is 5.57 Å². The summed E-state index contributed by atoms with van der Waals surface area (Å²) < 4.78 is 6.02. The van der Waals surface area contributed by atoms with E-state index in [4.69, 9.17) is 4.74 Å². The summed E-state index contributed by atoms with van der Waals surface area (Å²) in [6.07, 6.45) is 17.0. The van der Waals surface area contributed by atoms with Crippen molar-refractivity contribution in [1.29, 1.82) is 0 Å². The molecule has 1 saturated heterocycles. The minimum absolute atomic E-state index is 0.0338. The van der Waals surface area contributed by atoms with Crippen LogP contribution in [0.15, 0.2) is 11.6 Å². The summed E-state index contributed by atoms with van der Waals surface area (Å²) in [6, 6.07) is 0. The quantitative estimate of drug-likeness (QED) is 0.228. The Morgan fingerprint density at radius 1 is 0.930 bits per heavy atom. The van der Waals surface area contributed by atoms with Crippen molar-refractivity contribution in [3.05, 3.63) is 11.6 Å². The largest absolute Gasteiger partial charge is 0.462 e. The van der Waals surface area contributed by atoms with Crippen molar-refractivity contribution < 1.29 is 14.3 Å². The van der Waals surface area contributed by atoms with Crippen molar-refractivity contribution in [2.75, 3.05) is 39.3 Å². The predicted molar refractivity (Wildman–Crippen MR) is 174 cm³/mol. The lowest BCUT2D eigenvalue weighted by molar-refractivity contribution is -0.153. The van der Waals surface area contributed by atoms with Crippen molar-refractivity contribution >= 4 is 11.9 Å². The maximum atomic E-state index is 12.9. The number of ether oxygens (including phenoxy) is 1. The Bertz CT molecular complexity index is 986. The molecule has 244 valence electrons. The maximum absolute atomic E-state index is 12.9. The highest BCUT2D eigenvalue weighted by atomic mass is 16.5. The molecule has 6 nitrogen and oxygen atoms in total. The molecule has 0 aromatic rings. The number of fused-ring (bicyclic) bond motifs is 5. The molecule has 4 aliphatic carbocycles. The topological polar surface area (TPSA) is 70.7 Å². The second-order valence-electron chi connectivity index (χ2n) is 16.0. The van der Waals surface area contributed by atoms with Crippen molar-refractivity contribution in [3.8, 4) is 0 Å². The Balaban J connectivity index is 1.13. The molecule has 43 heavy (non-hydrogen) atoms. The summed E-state index contributed by atoms with van der Waals surface area (Å²) in [7, 11) is 0. The average Bonchev–Trinajstić information content (AvgIpc) is 3.39. The van der Waals surface area contributed by atoms with Crippen molar-refractivity contribution in [2.45, 2.75) is 124 Å². The fraction of sp³-hybridized carbons (Fsp3) is 0.892. The average molecular weight is 598 g/mol. The highest BCUT2D eigenvalue weighted by Crippen LogP contribution is 2.67. The number of allylic oxidation sites excluding steroid dienone is 1. The second-order valence-corrected chi connectivity index (χ2v) is 16.0. The van der Waals surface area contributed by atoms with E-state index < -0.39 is 0 Å². The minimum Gasteiger partial charge on any atom is -0.462 e. The predicted octanol–water partition coefficient (Wildman–Crippen LogP) is 6.74. The van der Waals surface area contributed by atoms with Gasteiger partial charge < -0.3 is 20.3 Å². The smallest absolute Gasteiger partial charge is 0.306 e. The van der Waals surface area contributed by atoms with E-state index in [2.05, 4.69) is 51.3 Å². The molecule has 4 fully saturated rings. The molecule has 1 amide bonds. The number of esters is 1. The molecule has 8 atom stereocenters. The summed E-state index contributed by atoms with van der Waals surface area (Å²) in [5.41, 5.74) is 2.34. The van der Waals surface area contributed by atoms with Crippen LogP contribution in [-0.2, 0) is 14.3 Å². The van der Waals surface area contributed by atoms with Crippen LogP contribution in [0.25, 0.3) is 0 Å². The number of carbonyl (C=O) groups is 2. The van der Waals surface area contributed by atoms with Crippen LogP contribution in [0.2, 0.25) is 0 Å². The number of nitrogens with zero attached hydrogens (tertiary/aromatic N) is 1. The van der Waals surface area contributed by atoms with Crippen LogP contribution in [0.5, 0.6) is 0 Å². The zero-order valence-corrected chi connectivity index (χ0v) is 28.2. The van der Waals surface area contributed by atoms with E-state index >= 15 is 0 Å². The highest BCUT2D eigenvalue weighted by molar-refractivity contribution is 5.81. The van der Waals surface area contributed by atoms with Crippen molar-refractivity contribution in [2.24, 2.45) is 46.3 Å². The first-order valence-electron chi connectivity index (χ1n) is 18.2. The molecule has 8 unspecified atom stereocenters. The molecule has 6 heteroatoms. The van der Waals surface area contributed by atoms with Gasteiger partial charge in [0.25, 0.3) is 0 Å². The SMILES string of the molecule is CC(C)CCCC(C)C1CCC2C3CC=C4CC(OC(=O)CCC(=O)N5CCNCCNCC5)CCC4(C)C3CCC12C. The zero-order valence-electron chi connectivity index (χ0n) is 28.2. The Labute approximate surface area is 262 Å². The molecule has 0 radical (unpaired) electrons. The molecule has 0 bridgehead atoms. The third kappa shape index (κ3) is 7.37. The van der Waals surface area contributed by atoms with Gasteiger partial charge in [-0.25, -0.2) is 0 Å². The van der Waals surface area contributed by atoms with E-state index in [1.807, 2.05) is 4.90 Å². The van der Waals surface area contributed by atoms with Gasteiger partial charge in [-0.1, -0.05) is 65.5 Å². The van der Waals surface area contributed by atoms with Gasteiger partial charge in [0.2, 0.25) is 5.91 Å². The van der Waals surface area contributed by atoms with Crippen LogP contribution >= 0.6 is 0 Å². The van der Waals surface area contributed by atoms with Gasteiger partial charge in [0.15, 0.2) is 0 Å². The van der Waals surface area contributed by atoms with Gasteiger partial charge in [0.05, 0.1) is 6.42 Å². The van der Waals surface area contributed by atoms with Crippen LogP contribution in [-0.4, -0.2) is 62.1 Å². The standard InChI is InChI=1S/C37H63N3O3/c1-26(2)7-6-8-27(3)31-11-12-32-30-10-9-28-25-29(15-17-36(28,4)33(30)16-18-37(31,32)5)43-35(42)14-13-34(41)40-23-21-38-19-20-39-22-24-40/h9,26-27,29-33,38-39H,6-8,10-25H2,1-5H3. The summed E-state index contributed by atoms with van der Waals surface area (Å²) in [6.45, 7) is 17.4. The van der Waals surface area contributed by atoms with E-state index in [1.165, 1.54) is 51.4 Å². The van der Waals surface area contributed by atoms with Crippen molar-refractivity contribution in [1.82, 2.24) is 15.5 Å². The molecular weight excluding hydrogens is 534 g/mol. The molecule has 1 aliphatic heterocycles. The van der Waals surface area contributed by atoms with Gasteiger partial charge in [-0.15, -0.1) is 0 Å². The Hall–Kier alpha value is -1.40. The van der Waals surface area contributed by atoms with Gasteiger partial charge in [0.1, 0.15) is 6.10 Å². The molecule has 5 aliphatic rings. The summed E-state index contributed by atoms with van der Waals surface area (Å²) in [5.74, 6) is 4.89. The Morgan fingerprint density at radius 3 is 2.40 bits per heavy atom. The molecule has 0 spiro atoms. The molecule has 1 heterocycles. The number of carbonyl (C=O) groups excluding carboxylic acids is 2. The van der Waals surface area contributed by atoms with Crippen LogP contribution in [0.1, 0.15) is 118 Å². The fourth-order valence-corrected chi connectivity index (χ4v) is 10.6. The monoisotopic (exact) mass is 597 g/mol. The van der Waals surface area contributed by atoms with E-state index in [9.17, 15) is 9.59 Å². The molecular formula is C37H63N3O3. The van der Waals surface area contributed by atoms with Gasteiger partial charge in [0, 0.05) is 52.1 Å². The number of hydrogen-bond donors (Lipinski definition) is 2. The first-order valence-corrected chi connectivity index (χ1v) is 18.2. The van der Waals surface area contributed by atoms with E-state index in [-0.39, 0.29) is 36.2 Å². The number of nitrogens with one attached hydrogen (secondary N) is 2. The van der Waals surface area contributed by atoms with Gasteiger partial charge in [-0.05, 0) is 91.3 Å². The van der Waals surface area contributed by atoms with Crippen LogP contribution < -0.4 is 10.6 Å². The lowest BCUT2D eigenvalue weighted by Crippen LogP contribution is -2.51. The maximum Gasteiger partial charge on any atom is 0.306 e. The normalized spacial score (nSPS) is 37.2. The third-order valence-corrected chi connectivity index (χ3v) is 13.0. The summed E-state index contributed by atoms with van der Waals surface area (Å²) >= 11 is 0. The molecule has 0 aromatic heterocycles. The summed E-state index contributed by atoms with van der Waals surface area (Å²) in [5, 5.41) is 6.70. The Morgan fingerprint density at radius 2 is 1.67 bits per heavy atom. The van der Waals surface area contributed by atoms with Gasteiger partial charge in [-0.3, -0.25) is 9.59 Å².